The Morgan fingerprint density at radius 3 is 2.58 bits per heavy atom. The lowest BCUT2D eigenvalue weighted by molar-refractivity contribution is -0.131. The maximum absolute atomic E-state index is 13.8. The number of amides is 1. The van der Waals surface area contributed by atoms with Gasteiger partial charge < -0.3 is 4.90 Å². The number of hydrogen-bond acceptors (Lipinski definition) is 1. The van der Waals surface area contributed by atoms with Crippen molar-refractivity contribution in [3.63, 3.8) is 0 Å². The number of allylic oxidation sites excluding steroid dienone is 2. The van der Waals surface area contributed by atoms with Gasteiger partial charge in [0.15, 0.2) is 11.6 Å². The molecule has 3 rings (SSSR count). The fraction of sp³-hybridized carbons (Fsp3) is 0.357. The molecule has 0 radical (unpaired) electrons. The van der Waals surface area contributed by atoms with E-state index in [0.717, 1.165) is 11.8 Å². The van der Waals surface area contributed by atoms with E-state index in [4.69, 9.17) is 0 Å². The van der Waals surface area contributed by atoms with Crippen LogP contribution in [0.15, 0.2) is 23.9 Å². The maximum atomic E-state index is 13.8. The summed E-state index contributed by atoms with van der Waals surface area (Å²) in [5.74, 6) is -3.18. The number of rotatable bonds is 1. The largest absolute Gasteiger partial charge is 0.309 e. The zero-order valence-corrected chi connectivity index (χ0v) is 10.1. The highest BCUT2D eigenvalue weighted by atomic mass is 19.2. The van der Waals surface area contributed by atoms with Crippen LogP contribution < -0.4 is 0 Å². The first-order chi connectivity index (χ1) is 9.08. The van der Waals surface area contributed by atoms with Gasteiger partial charge in [0.1, 0.15) is 5.82 Å². The van der Waals surface area contributed by atoms with E-state index in [0.29, 0.717) is 31.7 Å². The van der Waals surface area contributed by atoms with Crippen LogP contribution in [0, 0.1) is 17.5 Å². The lowest BCUT2D eigenvalue weighted by Crippen LogP contribution is -2.31. The fourth-order valence-electron chi connectivity index (χ4n) is 2.84. The summed E-state index contributed by atoms with van der Waals surface area (Å²) in [6.45, 7) is 0. The van der Waals surface area contributed by atoms with Crippen molar-refractivity contribution in [2.45, 2.75) is 31.7 Å². The summed E-state index contributed by atoms with van der Waals surface area (Å²) >= 11 is 0. The lowest BCUT2D eigenvalue weighted by Gasteiger charge is -2.29. The van der Waals surface area contributed by atoms with Crippen LogP contribution in [0.1, 0.15) is 37.3 Å². The summed E-state index contributed by atoms with van der Waals surface area (Å²) in [5.41, 5.74) is 0.919. The van der Waals surface area contributed by atoms with Gasteiger partial charge in [-0.3, -0.25) is 4.79 Å². The molecule has 1 atom stereocenters. The van der Waals surface area contributed by atoms with Crippen LogP contribution in [0.2, 0.25) is 0 Å². The minimum atomic E-state index is -1.21. The molecule has 1 amide bonds. The number of hydrogen-bond donors (Lipinski definition) is 0. The number of benzene rings is 1. The smallest absolute Gasteiger partial charge is 0.227 e. The normalized spacial score (nSPS) is 22.5. The number of nitrogens with zero attached hydrogens (tertiary/aromatic N) is 1. The Hall–Kier alpha value is -1.78. The molecule has 0 bridgehead atoms. The highest BCUT2D eigenvalue weighted by Gasteiger charge is 2.37. The number of carbonyl (C=O) groups is 1. The minimum absolute atomic E-state index is 0.0533. The van der Waals surface area contributed by atoms with Crippen LogP contribution in [0.4, 0.5) is 13.2 Å². The van der Waals surface area contributed by atoms with Crippen molar-refractivity contribution >= 4 is 5.91 Å². The van der Waals surface area contributed by atoms with Crippen LogP contribution in [-0.2, 0) is 4.79 Å². The highest BCUT2D eigenvalue weighted by molar-refractivity contribution is 5.80. The van der Waals surface area contributed by atoms with Crippen molar-refractivity contribution in [1.82, 2.24) is 4.90 Å². The van der Waals surface area contributed by atoms with Crippen molar-refractivity contribution in [2.75, 3.05) is 0 Å². The third kappa shape index (κ3) is 1.93. The Bertz CT molecular complexity index is 582. The molecule has 1 aromatic rings. The zero-order chi connectivity index (χ0) is 13.6. The van der Waals surface area contributed by atoms with E-state index in [1.807, 2.05) is 6.08 Å². The van der Waals surface area contributed by atoms with E-state index in [-0.39, 0.29) is 11.5 Å². The first-order valence-corrected chi connectivity index (χ1v) is 6.23. The minimum Gasteiger partial charge on any atom is -0.309 e. The standard InChI is InChI=1S/C14H12F3NO/c15-10-7-12(17)11(16)6-9(10)13-5-4-8-2-1-3-14(19)18(8)13/h2,6-7,13H,1,3-5H2/t13-/m0/s1. The van der Waals surface area contributed by atoms with Gasteiger partial charge in [0, 0.05) is 23.7 Å². The van der Waals surface area contributed by atoms with Crippen LogP contribution in [0.25, 0.3) is 0 Å². The Morgan fingerprint density at radius 1 is 1.05 bits per heavy atom. The molecule has 0 N–H and O–H groups in total. The summed E-state index contributed by atoms with van der Waals surface area (Å²) in [4.78, 5) is 13.4. The van der Waals surface area contributed by atoms with Gasteiger partial charge in [0.05, 0.1) is 6.04 Å². The van der Waals surface area contributed by atoms with Crippen LogP contribution in [-0.4, -0.2) is 10.8 Å². The molecule has 1 fully saturated rings. The summed E-state index contributed by atoms with van der Waals surface area (Å²) in [6.07, 6.45) is 4.23. The van der Waals surface area contributed by atoms with E-state index in [1.165, 1.54) is 4.90 Å². The lowest BCUT2D eigenvalue weighted by atomic mass is 10.0. The first-order valence-electron chi connectivity index (χ1n) is 6.23. The predicted octanol–water partition coefficient (Wildman–Crippen LogP) is 3.45. The monoisotopic (exact) mass is 267 g/mol. The molecule has 0 aromatic heterocycles. The molecule has 5 heteroatoms. The molecule has 2 nitrogen and oxygen atoms in total. The maximum Gasteiger partial charge on any atom is 0.227 e. The van der Waals surface area contributed by atoms with E-state index >= 15 is 0 Å². The van der Waals surface area contributed by atoms with Gasteiger partial charge in [-0.05, 0) is 25.3 Å². The van der Waals surface area contributed by atoms with Crippen LogP contribution >= 0.6 is 0 Å². The molecule has 100 valence electrons. The van der Waals surface area contributed by atoms with Crippen LogP contribution in [0.5, 0.6) is 0 Å². The van der Waals surface area contributed by atoms with E-state index < -0.39 is 23.5 Å². The summed E-state index contributed by atoms with van der Waals surface area (Å²) in [5, 5.41) is 0. The second kappa shape index (κ2) is 4.40. The molecule has 1 saturated heterocycles. The van der Waals surface area contributed by atoms with Gasteiger partial charge in [-0.15, -0.1) is 0 Å². The average molecular weight is 267 g/mol. The molecule has 2 heterocycles. The Labute approximate surface area is 108 Å². The Balaban J connectivity index is 2.03. The number of halogens is 3. The molecule has 2 aliphatic rings. The molecule has 1 aromatic carbocycles. The Kier molecular flexibility index (Phi) is 2.84. The van der Waals surface area contributed by atoms with Crippen molar-refractivity contribution in [3.8, 4) is 0 Å². The first kappa shape index (κ1) is 12.3. The van der Waals surface area contributed by atoms with Crippen molar-refractivity contribution in [2.24, 2.45) is 0 Å². The van der Waals surface area contributed by atoms with Gasteiger partial charge in [-0.2, -0.15) is 0 Å². The number of carbonyl (C=O) groups excluding carboxylic acids is 1. The molecule has 0 unspecified atom stereocenters. The third-order valence-corrected chi connectivity index (χ3v) is 3.70. The van der Waals surface area contributed by atoms with Crippen LogP contribution in [0.3, 0.4) is 0 Å². The third-order valence-electron chi connectivity index (χ3n) is 3.70. The summed E-state index contributed by atoms with van der Waals surface area (Å²) in [6, 6.07) is 0.884. The number of fused-ring (bicyclic) bond motifs is 1. The molecular formula is C14H12F3NO. The highest BCUT2D eigenvalue weighted by Crippen LogP contribution is 2.42. The van der Waals surface area contributed by atoms with Crippen molar-refractivity contribution in [3.05, 3.63) is 46.9 Å². The molecule has 19 heavy (non-hydrogen) atoms. The van der Waals surface area contributed by atoms with E-state index in [9.17, 15) is 18.0 Å². The topological polar surface area (TPSA) is 20.3 Å². The zero-order valence-electron chi connectivity index (χ0n) is 10.1. The van der Waals surface area contributed by atoms with Gasteiger partial charge in [-0.25, -0.2) is 13.2 Å². The SMILES string of the molecule is O=C1CCC=C2CC[C@@H](c3cc(F)c(F)cc3F)N12. The molecule has 0 aliphatic carbocycles. The predicted molar refractivity (Wildman–Crippen MR) is 62.5 cm³/mol. The molecule has 0 saturated carbocycles. The molecular weight excluding hydrogens is 255 g/mol. The van der Waals surface area contributed by atoms with Gasteiger partial charge in [-0.1, -0.05) is 6.08 Å². The second-order valence-corrected chi connectivity index (χ2v) is 4.84. The fourth-order valence-corrected chi connectivity index (χ4v) is 2.84. The summed E-state index contributed by atoms with van der Waals surface area (Å²) in [7, 11) is 0. The van der Waals surface area contributed by atoms with Gasteiger partial charge in [0.25, 0.3) is 0 Å². The van der Waals surface area contributed by atoms with Crippen molar-refractivity contribution in [1.29, 1.82) is 0 Å². The summed E-state index contributed by atoms with van der Waals surface area (Å²) < 4.78 is 40.0. The van der Waals surface area contributed by atoms with E-state index in [1.54, 1.807) is 0 Å². The molecule has 2 aliphatic heterocycles. The molecule has 0 spiro atoms. The Morgan fingerprint density at radius 2 is 1.79 bits per heavy atom. The second-order valence-electron chi connectivity index (χ2n) is 4.84. The van der Waals surface area contributed by atoms with E-state index in [2.05, 4.69) is 0 Å². The van der Waals surface area contributed by atoms with Gasteiger partial charge in [0.2, 0.25) is 5.91 Å². The quantitative estimate of drug-likeness (QED) is 0.714. The van der Waals surface area contributed by atoms with Crippen molar-refractivity contribution < 1.29 is 18.0 Å². The van der Waals surface area contributed by atoms with Gasteiger partial charge >= 0.3 is 0 Å². The average Bonchev–Trinajstić information content (AvgIpc) is 2.79.